The molecule has 4 fully saturated rings. The molecule has 4 amide bonds. The van der Waals surface area contributed by atoms with Crippen molar-refractivity contribution >= 4 is 29.5 Å². The van der Waals surface area contributed by atoms with Crippen LogP contribution >= 0.6 is 0 Å². The van der Waals surface area contributed by atoms with Crippen molar-refractivity contribution in [2.45, 2.75) is 94.0 Å². The first-order valence-corrected chi connectivity index (χ1v) is 13.4. The van der Waals surface area contributed by atoms with E-state index in [1.807, 2.05) is 24.3 Å². The van der Waals surface area contributed by atoms with Gasteiger partial charge in [0.15, 0.2) is 0 Å². The van der Waals surface area contributed by atoms with Crippen molar-refractivity contribution in [2.75, 3.05) is 11.9 Å². The fourth-order valence-electron chi connectivity index (χ4n) is 6.57. The summed E-state index contributed by atoms with van der Waals surface area (Å²) in [5.74, 6) is -0.432. The lowest BCUT2D eigenvalue weighted by atomic mass is 9.80. The Morgan fingerprint density at radius 3 is 2.58 bits per heavy atom. The number of fused-ring (bicyclic) bond motifs is 2. The van der Waals surface area contributed by atoms with Gasteiger partial charge in [-0.1, -0.05) is 31.0 Å². The van der Waals surface area contributed by atoms with Gasteiger partial charge in [0.05, 0.1) is 17.0 Å². The summed E-state index contributed by atoms with van der Waals surface area (Å²) in [5, 5.41) is 15.7. The molecule has 38 heavy (non-hydrogen) atoms. The number of likely N-dealkylation sites (tertiary alicyclic amines) is 2. The van der Waals surface area contributed by atoms with Gasteiger partial charge in [0.2, 0.25) is 17.7 Å². The van der Waals surface area contributed by atoms with Gasteiger partial charge in [-0.25, -0.2) is 4.79 Å². The van der Waals surface area contributed by atoms with E-state index in [0.717, 1.165) is 18.4 Å². The molecule has 200 valence electrons. The van der Waals surface area contributed by atoms with Crippen molar-refractivity contribution in [3.63, 3.8) is 0 Å². The molecule has 10 heteroatoms. The number of anilines is 1. The van der Waals surface area contributed by atoms with Gasteiger partial charge in [0, 0.05) is 18.7 Å². The van der Waals surface area contributed by atoms with Gasteiger partial charge >= 0.3 is 6.09 Å². The lowest BCUT2D eigenvalue weighted by Gasteiger charge is -2.52. The van der Waals surface area contributed by atoms with Crippen LogP contribution in [0.5, 0.6) is 0 Å². The Morgan fingerprint density at radius 1 is 1.24 bits per heavy atom. The smallest absolute Gasteiger partial charge is 0.408 e. The summed E-state index contributed by atoms with van der Waals surface area (Å²) in [7, 11) is 0. The van der Waals surface area contributed by atoms with Gasteiger partial charge < -0.3 is 25.2 Å². The highest BCUT2D eigenvalue weighted by molar-refractivity contribution is 6.07. The second kappa shape index (κ2) is 8.19. The summed E-state index contributed by atoms with van der Waals surface area (Å²) in [6.07, 6.45) is 3.47. The molecule has 2 saturated carbocycles. The largest absolute Gasteiger partial charge is 0.444 e. The second-order valence-electron chi connectivity index (χ2n) is 12.5. The Hall–Kier alpha value is -3.61. The standard InChI is InChI=1S/C28H33N5O5/c1-26(2,3)38-25(37)31-21-23(35)33(28(21)10-11-28)20(12-16-8-9-16)22(34)32-15-27(13-17(32)14-29)18-6-4-5-7-19(18)30-24(27)36/h4-7,16-17,20-21H,8-13,15H2,1-3H3,(H,30,36)(H,31,37)/t17-,20-,21?,27-/m0/s1. The minimum atomic E-state index is -0.978. The first-order valence-electron chi connectivity index (χ1n) is 13.4. The topological polar surface area (TPSA) is 132 Å². The Balaban J connectivity index is 1.26. The molecule has 1 aromatic rings. The molecular weight excluding hydrogens is 486 g/mol. The third-order valence-electron chi connectivity index (χ3n) is 8.69. The molecule has 5 aliphatic rings. The summed E-state index contributed by atoms with van der Waals surface area (Å²) in [6.45, 7) is 5.38. The number of alkyl carbamates (subject to hydrolysis) is 1. The van der Waals surface area contributed by atoms with Crippen LogP contribution in [0.3, 0.4) is 0 Å². The molecule has 2 aliphatic carbocycles. The van der Waals surface area contributed by atoms with Crippen LogP contribution in [0.2, 0.25) is 0 Å². The van der Waals surface area contributed by atoms with Gasteiger partial charge in [-0.2, -0.15) is 5.26 Å². The SMILES string of the molecule is CC(C)(C)OC(=O)NC1C(=O)N([C@@H](CC2CC2)C(=O)N2C[C@]3(C[C@H]2C#N)C(=O)Nc2ccccc23)C12CC2. The van der Waals surface area contributed by atoms with Crippen molar-refractivity contribution in [1.82, 2.24) is 15.1 Å². The third-order valence-corrected chi connectivity index (χ3v) is 8.69. The van der Waals surface area contributed by atoms with Gasteiger partial charge in [0.1, 0.15) is 23.7 Å². The zero-order chi connectivity index (χ0) is 27.0. The van der Waals surface area contributed by atoms with E-state index in [4.69, 9.17) is 4.74 Å². The molecule has 10 nitrogen and oxygen atoms in total. The van der Waals surface area contributed by atoms with E-state index in [1.165, 1.54) is 4.90 Å². The van der Waals surface area contributed by atoms with Crippen LogP contribution in [0, 0.1) is 17.2 Å². The Labute approximate surface area is 221 Å². The highest BCUT2D eigenvalue weighted by Crippen LogP contribution is 2.55. The van der Waals surface area contributed by atoms with Crippen LogP contribution in [0.25, 0.3) is 0 Å². The number of carbonyl (C=O) groups is 4. The average molecular weight is 520 g/mol. The zero-order valence-electron chi connectivity index (χ0n) is 22.0. The number of hydrogen-bond donors (Lipinski definition) is 2. The molecule has 2 saturated heterocycles. The maximum Gasteiger partial charge on any atom is 0.408 e. The van der Waals surface area contributed by atoms with Crippen LogP contribution in [0.15, 0.2) is 24.3 Å². The van der Waals surface area contributed by atoms with Crippen LogP contribution in [0.1, 0.15) is 64.9 Å². The maximum absolute atomic E-state index is 14.2. The predicted octanol–water partition coefficient (Wildman–Crippen LogP) is 2.44. The molecule has 1 aromatic carbocycles. The summed E-state index contributed by atoms with van der Waals surface area (Å²) in [6, 6.07) is 7.43. The van der Waals surface area contributed by atoms with Crippen LogP contribution in [0.4, 0.5) is 10.5 Å². The van der Waals surface area contributed by atoms with Gasteiger partial charge in [-0.05, 0) is 57.6 Å². The molecule has 3 heterocycles. The number of nitriles is 1. The van der Waals surface area contributed by atoms with Gasteiger partial charge in [-0.15, -0.1) is 0 Å². The predicted molar refractivity (Wildman–Crippen MR) is 136 cm³/mol. The number of amides is 4. The normalized spacial score (nSPS) is 29.4. The molecule has 3 aliphatic heterocycles. The number of β-lactam (4-membered cyclic amide) rings is 1. The second-order valence-corrected chi connectivity index (χ2v) is 12.5. The number of benzene rings is 1. The Kier molecular flexibility index (Phi) is 5.33. The molecular formula is C28H33N5O5. The van der Waals surface area contributed by atoms with E-state index in [0.29, 0.717) is 30.9 Å². The molecule has 1 unspecified atom stereocenters. The van der Waals surface area contributed by atoms with Crippen LogP contribution in [-0.2, 0) is 24.5 Å². The lowest BCUT2D eigenvalue weighted by molar-refractivity contribution is -0.166. The van der Waals surface area contributed by atoms with E-state index < -0.39 is 40.8 Å². The maximum atomic E-state index is 14.2. The number of nitrogens with one attached hydrogen (secondary N) is 2. The zero-order valence-corrected chi connectivity index (χ0v) is 22.0. The molecule has 2 N–H and O–H groups in total. The Bertz CT molecular complexity index is 1270. The average Bonchev–Trinajstić information content (AvgIpc) is 3.79. The number of carbonyl (C=O) groups excluding carboxylic acids is 4. The minimum Gasteiger partial charge on any atom is -0.444 e. The molecule has 0 radical (unpaired) electrons. The van der Waals surface area contributed by atoms with E-state index in [2.05, 4.69) is 16.7 Å². The van der Waals surface area contributed by atoms with Crippen molar-refractivity contribution < 1.29 is 23.9 Å². The van der Waals surface area contributed by atoms with E-state index >= 15 is 0 Å². The van der Waals surface area contributed by atoms with Crippen molar-refractivity contribution in [1.29, 1.82) is 5.26 Å². The number of para-hydroxylation sites is 1. The number of ether oxygens (including phenoxy) is 1. The van der Waals surface area contributed by atoms with Gasteiger partial charge in [-0.3, -0.25) is 14.4 Å². The molecule has 4 atom stereocenters. The highest BCUT2D eigenvalue weighted by atomic mass is 16.6. The molecule has 6 rings (SSSR count). The Morgan fingerprint density at radius 2 is 1.95 bits per heavy atom. The summed E-state index contributed by atoms with van der Waals surface area (Å²) < 4.78 is 5.36. The minimum absolute atomic E-state index is 0.0999. The molecule has 2 spiro atoms. The number of nitrogens with zero attached hydrogens (tertiary/aromatic N) is 3. The van der Waals surface area contributed by atoms with Crippen molar-refractivity contribution in [2.24, 2.45) is 5.92 Å². The van der Waals surface area contributed by atoms with E-state index in [9.17, 15) is 24.4 Å². The quantitative estimate of drug-likeness (QED) is 0.575. The van der Waals surface area contributed by atoms with Crippen LogP contribution in [-0.4, -0.2) is 69.4 Å². The van der Waals surface area contributed by atoms with Crippen molar-refractivity contribution in [3.8, 4) is 6.07 Å². The highest BCUT2D eigenvalue weighted by Gasteiger charge is 2.71. The molecule has 0 aromatic heterocycles. The first kappa shape index (κ1) is 24.7. The number of hydrogen-bond acceptors (Lipinski definition) is 6. The lowest BCUT2D eigenvalue weighted by Crippen LogP contribution is -2.76. The third kappa shape index (κ3) is 3.74. The van der Waals surface area contributed by atoms with Gasteiger partial charge in [0.25, 0.3) is 0 Å². The first-order chi connectivity index (χ1) is 18.0. The fraction of sp³-hybridized carbons (Fsp3) is 0.607. The summed E-state index contributed by atoms with van der Waals surface area (Å²) in [5.41, 5.74) is -0.752. The number of rotatable bonds is 5. The van der Waals surface area contributed by atoms with Crippen LogP contribution < -0.4 is 10.6 Å². The summed E-state index contributed by atoms with van der Waals surface area (Å²) in [4.78, 5) is 56.4. The molecule has 0 bridgehead atoms. The fourth-order valence-corrected chi connectivity index (χ4v) is 6.57. The summed E-state index contributed by atoms with van der Waals surface area (Å²) >= 11 is 0. The monoisotopic (exact) mass is 519 g/mol. The van der Waals surface area contributed by atoms with E-state index in [-0.39, 0.29) is 30.7 Å². The van der Waals surface area contributed by atoms with Crippen molar-refractivity contribution in [3.05, 3.63) is 29.8 Å². The van der Waals surface area contributed by atoms with E-state index in [1.54, 1.807) is 25.7 Å².